The molecular formula is C15H14O2. The molecule has 0 aliphatic carbocycles. The Hall–Kier alpha value is -2.22. The summed E-state index contributed by atoms with van der Waals surface area (Å²) in [7, 11) is 0. The molecule has 0 heterocycles. The van der Waals surface area contributed by atoms with E-state index in [-0.39, 0.29) is 5.78 Å². The first-order chi connectivity index (χ1) is 8.29. The summed E-state index contributed by atoms with van der Waals surface area (Å²) in [5.74, 6) is 0.0752. The number of hydrogen-bond acceptors (Lipinski definition) is 2. The van der Waals surface area contributed by atoms with Crippen LogP contribution in [0.1, 0.15) is 22.8 Å². The molecule has 2 aromatic rings. The van der Waals surface area contributed by atoms with Crippen LogP contribution in [-0.2, 0) is 4.79 Å². The lowest BCUT2D eigenvalue weighted by Crippen LogP contribution is -1.99. The summed E-state index contributed by atoms with van der Waals surface area (Å²) in [6.07, 6.45) is 0.750. The fourth-order valence-corrected chi connectivity index (χ4v) is 1.35. The normalized spacial score (nSPS) is 8.76. The van der Waals surface area contributed by atoms with Crippen LogP contribution >= 0.6 is 0 Å². The Morgan fingerprint density at radius 3 is 1.41 bits per heavy atom. The first-order valence-corrected chi connectivity index (χ1v) is 5.34. The molecule has 0 fully saturated rings. The number of rotatable bonds is 2. The van der Waals surface area contributed by atoms with E-state index in [4.69, 9.17) is 4.79 Å². The Morgan fingerprint density at radius 1 is 0.824 bits per heavy atom. The van der Waals surface area contributed by atoms with Gasteiger partial charge in [0.05, 0.1) is 0 Å². The molecule has 2 aromatic carbocycles. The zero-order valence-corrected chi connectivity index (χ0v) is 9.67. The lowest BCUT2D eigenvalue weighted by Gasteiger charge is -1.99. The molecule has 0 amide bonds. The van der Waals surface area contributed by atoms with Crippen LogP contribution in [0.2, 0.25) is 0 Å². The molecule has 0 aromatic heterocycles. The third-order valence-electron chi connectivity index (χ3n) is 2.07. The van der Waals surface area contributed by atoms with Crippen molar-refractivity contribution in [3.8, 4) is 0 Å². The monoisotopic (exact) mass is 226 g/mol. The van der Waals surface area contributed by atoms with Gasteiger partial charge in [0.25, 0.3) is 0 Å². The summed E-state index contributed by atoms with van der Waals surface area (Å²) in [6.45, 7) is 1.44. The Kier molecular flexibility index (Phi) is 5.38. The van der Waals surface area contributed by atoms with Crippen LogP contribution in [0.5, 0.6) is 0 Å². The molecule has 0 saturated carbocycles. The molecule has 2 heteroatoms. The molecule has 0 aliphatic rings. The Balaban J connectivity index is 0.000000437. The highest BCUT2D eigenvalue weighted by atomic mass is 16.1. The Morgan fingerprint density at radius 2 is 1.12 bits per heavy atom. The van der Waals surface area contributed by atoms with Gasteiger partial charge in [-0.2, -0.15) is 0 Å². The van der Waals surface area contributed by atoms with Crippen LogP contribution in [-0.4, -0.2) is 12.1 Å². The fraction of sp³-hybridized carbons (Fsp3) is 0.0667. The quantitative estimate of drug-likeness (QED) is 0.582. The Labute approximate surface area is 101 Å². The van der Waals surface area contributed by atoms with E-state index in [9.17, 15) is 4.79 Å². The maximum Gasteiger partial charge on any atom is 0.193 e. The predicted octanol–water partition coefficient (Wildman–Crippen LogP) is 3.12. The summed E-state index contributed by atoms with van der Waals surface area (Å²) < 4.78 is 0. The van der Waals surface area contributed by atoms with Crippen molar-refractivity contribution in [3.05, 3.63) is 71.8 Å². The van der Waals surface area contributed by atoms with Crippen molar-refractivity contribution in [3.63, 3.8) is 0 Å². The number of hydrogen-bond donors (Lipinski definition) is 0. The van der Waals surface area contributed by atoms with E-state index in [0.717, 1.165) is 17.4 Å². The van der Waals surface area contributed by atoms with Gasteiger partial charge in [0.1, 0.15) is 6.29 Å². The van der Waals surface area contributed by atoms with Crippen molar-refractivity contribution < 1.29 is 9.59 Å². The third-order valence-corrected chi connectivity index (χ3v) is 2.07. The van der Waals surface area contributed by atoms with Gasteiger partial charge >= 0.3 is 0 Å². The minimum Gasteiger partial charge on any atom is -0.304 e. The standard InChI is InChI=1S/C13H10O.C2H4O/c14-13(11-7-3-1-4-8-11)12-9-5-2-6-10-12;1-2-3/h1-10H;2H,1H3. The first-order valence-electron chi connectivity index (χ1n) is 5.34. The summed E-state index contributed by atoms with van der Waals surface area (Å²) in [6, 6.07) is 18.6. The molecule has 0 N–H and O–H groups in total. The molecule has 0 bridgehead atoms. The maximum atomic E-state index is 11.8. The fourth-order valence-electron chi connectivity index (χ4n) is 1.35. The van der Waals surface area contributed by atoms with Crippen LogP contribution < -0.4 is 0 Å². The molecule has 0 unspecified atom stereocenters. The van der Waals surface area contributed by atoms with E-state index in [1.165, 1.54) is 6.92 Å². The van der Waals surface area contributed by atoms with Gasteiger partial charge in [0, 0.05) is 11.1 Å². The zero-order valence-electron chi connectivity index (χ0n) is 9.67. The van der Waals surface area contributed by atoms with Crippen molar-refractivity contribution in [2.45, 2.75) is 6.92 Å². The van der Waals surface area contributed by atoms with E-state index in [1.807, 2.05) is 60.7 Å². The summed E-state index contributed by atoms with van der Waals surface area (Å²) in [5.41, 5.74) is 1.47. The second-order valence-electron chi connectivity index (χ2n) is 3.30. The van der Waals surface area contributed by atoms with Gasteiger partial charge in [-0.15, -0.1) is 0 Å². The van der Waals surface area contributed by atoms with E-state index < -0.39 is 0 Å². The number of ketones is 1. The minimum absolute atomic E-state index is 0.0752. The molecule has 17 heavy (non-hydrogen) atoms. The van der Waals surface area contributed by atoms with Crippen LogP contribution in [0, 0.1) is 0 Å². The largest absolute Gasteiger partial charge is 0.304 e. The van der Waals surface area contributed by atoms with Crippen molar-refractivity contribution in [2.24, 2.45) is 0 Å². The summed E-state index contributed by atoms with van der Waals surface area (Å²) in [4.78, 5) is 20.7. The van der Waals surface area contributed by atoms with Crippen molar-refractivity contribution >= 4 is 12.1 Å². The zero-order chi connectivity index (χ0) is 12.5. The maximum absolute atomic E-state index is 11.8. The van der Waals surface area contributed by atoms with Gasteiger partial charge < -0.3 is 4.79 Å². The summed E-state index contributed by atoms with van der Waals surface area (Å²) >= 11 is 0. The van der Waals surface area contributed by atoms with Gasteiger partial charge in [0.2, 0.25) is 0 Å². The van der Waals surface area contributed by atoms with Crippen molar-refractivity contribution in [2.75, 3.05) is 0 Å². The second kappa shape index (κ2) is 7.12. The Bertz CT molecular complexity index is 419. The number of aldehydes is 1. The van der Waals surface area contributed by atoms with Gasteiger partial charge in [0.15, 0.2) is 5.78 Å². The first kappa shape index (κ1) is 12.8. The molecule has 0 radical (unpaired) electrons. The lowest BCUT2D eigenvalue weighted by molar-refractivity contribution is -0.106. The highest BCUT2D eigenvalue weighted by Gasteiger charge is 2.06. The highest BCUT2D eigenvalue weighted by molar-refractivity contribution is 6.08. The average Bonchev–Trinajstić information content (AvgIpc) is 2.41. The minimum atomic E-state index is 0.0752. The predicted molar refractivity (Wildman–Crippen MR) is 68.1 cm³/mol. The molecule has 86 valence electrons. The van der Waals surface area contributed by atoms with Crippen LogP contribution in [0.3, 0.4) is 0 Å². The lowest BCUT2D eigenvalue weighted by atomic mass is 10.0. The molecule has 2 rings (SSSR count). The second-order valence-corrected chi connectivity index (χ2v) is 3.30. The molecule has 0 atom stereocenters. The van der Waals surface area contributed by atoms with Crippen molar-refractivity contribution in [1.82, 2.24) is 0 Å². The number of carbonyl (C=O) groups excluding carboxylic acids is 2. The van der Waals surface area contributed by atoms with Crippen LogP contribution in [0.25, 0.3) is 0 Å². The topological polar surface area (TPSA) is 34.1 Å². The van der Waals surface area contributed by atoms with E-state index in [1.54, 1.807) is 0 Å². The summed E-state index contributed by atoms with van der Waals surface area (Å²) in [5, 5.41) is 0. The van der Waals surface area contributed by atoms with E-state index >= 15 is 0 Å². The molecule has 0 aliphatic heterocycles. The van der Waals surface area contributed by atoms with Crippen LogP contribution in [0.4, 0.5) is 0 Å². The number of carbonyl (C=O) groups is 2. The van der Waals surface area contributed by atoms with Gasteiger partial charge in [-0.1, -0.05) is 60.7 Å². The van der Waals surface area contributed by atoms with Gasteiger partial charge in [-0.3, -0.25) is 4.79 Å². The van der Waals surface area contributed by atoms with Gasteiger partial charge in [-0.25, -0.2) is 0 Å². The third kappa shape index (κ3) is 4.03. The smallest absolute Gasteiger partial charge is 0.193 e. The highest BCUT2D eigenvalue weighted by Crippen LogP contribution is 2.08. The van der Waals surface area contributed by atoms with Crippen LogP contribution in [0.15, 0.2) is 60.7 Å². The molecule has 2 nitrogen and oxygen atoms in total. The molecule has 0 spiro atoms. The SMILES string of the molecule is CC=O.O=C(c1ccccc1)c1ccccc1. The van der Waals surface area contributed by atoms with E-state index in [2.05, 4.69) is 0 Å². The van der Waals surface area contributed by atoms with Crippen molar-refractivity contribution in [1.29, 1.82) is 0 Å². The van der Waals surface area contributed by atoms with E-state index in [0.29, 0.717) is 0 Å². The molecular weight excluding hydrogens is 212 g/mol. The number of benzene rings is 2. The average molecular weight is 226 g/mol. The molecule has 0 saturated heterocycles. The van der Waals surface area contributed by atoms with Gasteiger partial charge in [-0.05, 0) is 6.92 Å².